The lowest BCUT2D eigenvalue weighted by molar-refractivity contribution is 0.252. The minimum Gasteiger partial charge on any atom is -0.306 e. The zero-order chi connectivity index (χ0) is 12.1. The molecule has 0 atom stereocenters. The van der Waals surface area contributed by atoms with Gasteiger partial charge in [-0.05, 0) is 39.3 Å². The molecule has 2 N–H and O–H groups in total. The zero-order valence-corrected chi connectivity index (χ0v) is 10.1. The molecule has 1 rings (SSSR count). The minimum atomic E-state index is -0.326. The maximum Gasteiger partial charge on any atom is 0.339 e. The number of nitrogens with one attached hydrogen (secondary N) is 2. The van der Waals surface area contributed by atoms with Crippen molar-refractivity contribution in [2.45, 2.75) is 27.7 Å². The number of hydrazone groups is 1. The zero-order valence-electron chi connectivity index (χ0n) is 10.1. The molecule has 0 bridgehead atoms. The third-order valence-electron chi connectivity index (χ3n) is 2.01. The summed E-state index contributed by atoms with van der Waals surface area (Å²) in [4.78, 5) is 11.4. The third-order valence-corrected chi connectivity index (χ3v) is 2.01. The van der Waals surface area contributed by atoms with Gasteiger partial charge in [-0.2, -0.15) is 5.10 Å². The van der Waals surface area contributed by atoms with Crippen molar-refractivity contribution in [2.75, 3.05) is 5.32 Å². The van der Waals surface area contributed by atoms with Crippen molar-refractivity contribution in [1.82, 2.24) is 5.43 Å². The molecule has 0 aliphatic heterocycles. The van der Waals surface area contributed by atoms with Gasteiger partial charge in [0, 0.05) is 11.4 Å². The quantitative estimate of drug-likeness (QED) is 0.583. The third kappa shape index (κ3) is 3.73. The second-order valence-electron chi connectivity index (χ2n) is 3.94. The average molecular weight is 219 g/mol. The first-order valence-corrected chi connectivity index (χ1v) is 5.14. The molecule has 86 valence electrons. The molecule has 0 unspecified atom stereocenters. The van der Waals surface area contributed by atoms with Crippen LogP contribution >= 0.6 is 0 Å². The maximum atomic E-state index is 11.4. The van der Waals surface area contributed by atoms with Crippen LogP contribution in [0.1, 0.15) is 25.0 Å². The summed E-state index contributed by atoms with van der Waals surface area (Å²) in [5.74, 6) is 0. The number of hydrogen-bond acceptors (Lipinski definition) is 2. The maximum absolute atomic E-state index is 11.4. The number of anilines is 1. The number of benzene rings is 1. The van der Waals surface area contributed by atoms with E-state index in [2.05, 4.69) is 15.8 Å². The van der Waals surface area contributed by atoms with Gasteiger partial charge in [0.25, 0.3) is 0 Å². The second-order valence-corrected chi connectivity index (χ2v) is 3.94. The fraction of sp³-hybridized carbons (Fsp3) is 0.333. The molecule has 0 spiro atoms. The molecular weight excluding hydrogens is 202 g/mol. The molecule has 0 fully saturated rings. The van der Waals surface area contributed by atoms with Gasteiger partial charge in [-0.1, -0.05) is 17.7 Å². The Kier molecular flexibility index (Phi) is 4.05. The standard InChI is InChI=1S/C12H17N3O/c1-8(2)14-15-12(16)13-11-6-5-9(3)7-10(11)4/h5-7H,1-4H3,(H2,13,15,16). The highest BCUT2D eigenvalue weighted by Crippen LogP contribution is 2.15. The van der Waals surface area contributed by atoms with E-state index in [1.54, 1.807) is 0 Å². The Morgan fingerprint density at radius 3 is 2.50 bits per heavy atom. The molecule has 0 radical (unpaired) electrons. The largest absolute Gasteiger partial charge is 0.339 e. The van der Waals surface area contributed by atoms with Crippen LogP contribution in [-0.2, 0) is 0 Å². The number of carbonyl (C=O) groups excluding carboxylic acids is 1. The van der Waals surface area contributed by atoms with Crippen molar-refractivity contribution < 1.29 is 4.79 Å². The van der Waals surface area contributed by atoms with Gasteiger partial charge >= 0.3 is 6.03 Å². The molecule has 0 saturated heterocycles. The van der Waals surface area contributed by atoms with Gasteiger partial charge in [0.1, 0.15) is 0 Å². The summed E-state index contributed by atoms with van der Waals surface area (Å²) in [5, 5.41) is 6.56. The van der Waals surface area contributed by atoms with Crippen LogP contribution in [0.2, 0.25) is 0 Å². The summed E-state index contributed by atoms with van der Waals surface area (Å²) in [6.07, 6.45) is 0. The highest BCUT2D eigenvalue weighted by Gasteiger charge is 2.02. The first kappa shape index (κ1) is 12.2. The lowest BCUT2D eigenvalue weighted by Gasteiger charge is -2.08. The number of aryl methyl sites for hydroxylation is 2. The van der Waals surface area contributed by atoms with E-state index in [9.17, 15) is 4.79 Å². The van der Waals surface area contributed by atoms with E-state index in [0.717, 1.165) is 17.0 Å². The monoisotopic (exact) mass is 219 g/mol. The van der Waals surface area contributed by atoms with Crippen LogP contribution in [0.5, 0.6) is 0 Å². The molecule has 16 heavy (non-hydrogen) atoms. The highest BCUT2D eigenvalue weighted by molar-refractivity contribution is 5.91. The number of urea groups is 1. The molecule has 0 aromatic heterocycles. The van der Waals surface area contributed by atoms with Gasteiger partial charge in [-0.15, -0.1) is 0 Å². The molecular formula is C12H17N3O. The predicted molar refractivity (Wildman–Crippen MR) is 66.9 cm³/mol. The van der Waals surface area contributed by atoms with Crippen molar-refractivity contribution in [3.63, 3.8) is 0 Å². The molecule has 0 heterocycles. The van der Waals surface area contributed by atoms with Crippen LogP contribution in [0, 0.1) is 13.8 Å². The Morgan fingerprint density at radius 2 is 1.94 bits per heavy atom. The fourth-order valence-corrected chi connectivity index (χ4v) is 1.27. The van der Waals surface area contributed by atoms with E-state index < -0.39 is 0 Å². The number of amides is 2. The summed E-state index contributed by atoms with van der Waals surface area (Å²) in [6, 6.07) is 5.53. The van der Waals surface area contributed by atoms with E-state index in [0.29, 0.717) is 0 Å². The lowest BCUT2D eigenvalue weighted by Crippen LogP contribution is -2.25. The van der Waals surface area contributed by atoms with E-state index in [1.807, 2.05) is 45.9 Å². The van der Waals surface area contributed by atoms with Crippen LogP contribution < -0.4 is 10.7 Å². The fourth-order valence-electron chi connectivity index (χ4n) is 1.27. The Hall–Kier alpha value is -1.84. The van der Waals surface area contributed by atoms with E-state index in [4.69, 9.17) is 0 Å². The molecule has 4 nitrogen and oxygen atoms in total. The van der Waals surface area contributed by atoms with Crippen molar-refractivity contribution in [3.05, 3.63) is 29.3 Å². The molecule has 0 saturated carbocycles. The Labute approximate surface area is 95.7 Å². The highest BCUT2D eigenvalue weighted by atomic mass is 16.2. The van der Waals surface area contributed by atoms with Gasteiger partial charge in [-0.25, -0.2) is 10.2 Å². The van der Waals surface area contributed by atoms with Gasteiger partial charge in [0.15, 0.2) is 0 Å². The van der Waals surface area contributed by atoms with E-state index in [-0.39, 0.29) is 6.03 Å². The normalized spacial score (nSPS) is 9.50. The summed E-state index contributed by atoms with van der Waals surface area (Å²) >= 11 is 0. The number of carbonyl (C=O) groups is 1. The topological polar surface area (TPSA) is 53.5 Å². The van der Waals surface area contributed by atoms with Gasteiger partial charge in [0.2, 0.25) is 0 Å². The first-order valence-electron chi connectivity index (χ1n) is 5.14. The van der Waals surface area contributed by atoms with Gasteiger partial charge in [-0.3, -0.25) is 0 Å². The SMILES string of the molecule is CC(C)=NNC(=O)Nc1ccc(C)cc1C. The number of hydrogen-bond donors (Lipinski definition) is 2. The minimum absolute atomic E-state index is 0.326. The van der Waals surface area contributed by atoms with Crippen LogP contribution in [-0.4, -0.2) is 11.7 Å². The van der Waals surface area contributed by atoms with Crippen molar-refractivity contribution in [2.24, 2.45) is 5.10 Å². The van der Waals surface area contributed by atoms with Crippen LogP contribution in [0.25, 0.3) is 0 Å². The summed E-state index contributed by atoms with van der Waals surface area (Å²) in [7, 11) is 0. The Balaban J connectivity index is 2.66. The van der Waals surface area contributed by atoms with Crippen LogP contribution in [0.3, 0.4) is 0 Å². The predicted octanol–water partition coefficient (Wildman–Crippen LogP) is 2.82. The van der Waals surface area contributed by atoms with Gasteiger partial charge < -0.3 is 5.32 Å². The lowest BCUT2D eigenvalue weighted by atomic mass is 10.1. The van der Waals surface area contributed by atoms with Crippen molar-refractivity contribution in [3.8, 4) is 0 Å². The first-order chi connectivity index (χ1) is 7.49. The Morgan fingerprint density at radius 1 is 1.25 bits per heavy atom. The number of nitrogens with zero attached hydrogens (tertiary/aromatic N) is 1. The van der Waals surface area contributed by atoms with E-state index >= 15 is 0 Å². The molecule has 0 aliphatic rings. The van der Waals surface area contributed by atoms with Crippen molar-refractivity contribution >= 4 is 17.4 Å². The molecule has 1 aromatic rings. The van der Waals surface area contributed by atoms with Crippen LogP contribution in [0.15, 0.2) is 23.3 Å². The average Bonchev–Trinajstić information content (AvgIpc) is 2.19. The number of rotatable bonds is 2. The Bertz CT molecular complexity index is 420. The van der Waals surface area contributed by atoms with E-state index in [1.165, 1.54) is 5.56 Å². The molecule has 1 aromatic carbocycles. The summed E-state index contributed by atoms with van der Waals surface area (Å²) in [6.45, 7) is 7.60. The molecule has 0 aliphatic carbocycles. The smallest absolute Gasteiger partial charge is 0.306 e. The molecule has 2 amide bonds. The summed E-state index contributed by atoms with van der Waals surface area (Å²) < 4.78 is 0. The van der Waals surface area contributed by atoms with Gasteiger partial charge in [0.05, 0.1) is 0 Å². The molecule has 4 heteroatoms. The summed E-state index contributed by atoms with van der Waals surface area (Å²) in [5.41, 5.74) is 6.22. The van der Waals surface area contributed by atoms with Crippen molar-refractivity contribution in [1.29, 1.82) is 0 Å². The second kappa shape index (κ2) is 5.30. The van der Waals surface area contributed by atoms with Crippen LogP contribution in [0.4, 0.5) is 10.5 Å².